The topological polar surface area (TPSA) is 117 Å². The van der Waals surface area contributed by atoms with Gasteiger partial charge < -0.3 is 30.3 Å². The molecule has 0 radical (unpaired) electrons. The van der Waals surface area contributed by atoms with Gasteiger partial charge in [-0.25, -0.2) is 9.59 Å². The summed E-state index contributed by atoms with van der Waals surface area (Å²) in [4.78, 5) is 22.8. The number of hydrogen-bond acceptors (Lipinski definition) is 6. The molecule has 0 bridgehead atoms. The lowest BCUT2D eigenvalue weighted by Gasteiger charge is -2.28. The second kappa shape index (κ2) is 11.7. The van der Waals surface area contributed by atoms with Gasteiger partial charge in [-0.05, 0) is 92.9 Å². The summed E-state index contributed by atoms with van der Waals surface area (Å²) in [5.41, 5.74) is -0.922. The molecule has 0 spiro atoms. The van der Waals surface area contributed by atoms with Gasteiger partial charge in [0.05, 0.1) is 12.2 Å². The van der Waals surface area contributed by atoms with Crippen molar-refractivity contribution in [2.24, 2.45) is 0 Å². The first-order valence-electron chi connectivity index (χ1n) is 11.1. The van der Waals surface area contributed by atoms with Crippen molar-refractivity contribution in [3.05, 3.63) is 0 Å². The van der Waals surface area contributed by atoms with E-state index in [2.05, 4.69) is 10.6 Å². The predicted octanol–water partition coefficient (Wildman–Crippen LogP) is 3.63. The quantitative estimate of drug-likeness (QED) is 0.531. The predicted molar refractivity (Wildman–Crippen MR) is 115 cm³/mol. The van der Waals surface area contributed by atoms with Gasteiger partial charge in [-0.3, -0.25) is 0 Å². The number of hydrogen-bond donors (Lipinski definition) is 4. The molecule has 2 aliphatic rings. The normalized spacial score (nSPS) is 27.2. The van der Waals surface area contributed by atoms with Crippen LogP contribution in [0.1, 0.15) is 92.9 Å². The van der Waals surface area contributed by atoms with Crippen LogP contribution in [-0.4, -0.2) is 57.9 Å². The summed E-state index contributed by atoms with van der Waals surface area (Å²) in [6.45, 7) is 11.0. The van der Waals surface area contributed by atoms with E-state index in [0.717, 1.165) is 38.5 Å². The maximum Gasteiger partial charge on any atom is 0.407 e. The van der Waals surface area contributed by atoms with Crippen molar-refractivity contribution >= 4 is 12.2 Å². The highest BCUT2D eigenvalue weighted by molar-refractivity contribution is 5.68. The fraction of sp³-hybridized carbons (Fsp3) is 0.909. The van der Waals surface area contributed by atoms with Crippen LogP contribution < -0.4 is 10.6 Å². The lowest BCUT2D eigenvalue weighted by atomic mass is 9.93. The lowest BCUT2D eigenvalue weighted by molar-refractivity contribution is 0.0436. The van der Waals surface area contributed by atoms with E-state index in [-0.39, 0.29) is 36.5 Å². The number of amides is 2. The third-order valence-corrected chi connectivity index (χ3v) is 4.73. The molecule has 2 amide bonds. The van der Waals surface area contributed by atoms with Crippen LogP contribution in [0, 0.1) is 0 Å². The van der Waals surface area contributed by atoms with Gasteiger partial charge in [0.25, 0.3) is 0 Å². The van der Waals surface area contributed by atoms with E-state index in [9.17, 15) is 19.8 Å². The smallest absolute Gasteiger partial charge is 0.407 e. The van der Waals surface area contributed by atoms with Crippen LogP contribution in [0.2, 0.25) is 0 Å². The van der Waals surface area contributed by atoms with Gasteiger partial charge in [-0.1, -0.05) is 0 Å². The Balaban J connectivity index is 0.000000300. The minimum Gasteiger partial charge on any atom is -0.444 e. The average molecular weight is 431 g/mol. The van der Waals surface area contributed by atoms with Crippen LogP contribution in [0.5, 0.6) is 0 Å². The summed E-state index contributed by atoms with van der Waals surface area (Å²) in [5.74, 6) is 0. The first-order valence-corrected chi connectivity index (χ1v) is 11.1. The van der Waals surface area contributed by atoms with Crippen molar-refractivity contribution in [1.82, 2.24) is 10.6 Å². The molecule has 30 heavy (non-hydrogen) atoms. The number of alkyl carbamates (subject to hydrolysis) is 2. The maximum atomic E-state index is 11.4. The van der Waals surface area contributed by atoms with Crippen molar-refractivity contribution < 1.29 is 29.3 Å². The number of nitrogens with one attached hydrogen (secondary N) is 2. The molecule has 4 atom stereocenters. The monoisotopic (exact) mass is 430 g/mol. The molecule has 0 aromatic rings. The molecule has 2 rings (SSSR count). The summed E-state index contributed by atoms with van der Waals surface area (Å²) in [6, 6.07) is 0.118. The Hall–Kier alpha value is -1.54. The maximum absolute atomic E-state index is 11.4. The molecule has 8 heteroatoms. The molecule has 2 aliphatic carbocycles. The number of aliphatic hydroxyl groups excluding tert-OH is 2. The molecule has 4 N–H and O–H groups in total. The Morgan fingerprint density at radius 1 is 0.700 bits per heavy atom. The van der Waals surface area contributed by atoms with Crippen LogP contribution in [-0.2, 0) is 9.47 Å². The van der Waals surface area contributed by atoms with E-state index < -0.39 is 11.2 Å². The number of carbonyl (C=O) groups is 2. The van der Waals surface area contributed by atoms with E-state index >= 15 is 0 Å². The van der Waals surface area contributed by atoms with E-state index in [1.807, 2.05) is 41.5 Å². The zero-order valence-electron chi connectivity index (χ0n) is 19.5. The molecule has 0 heterocycles. The van der Waals surface area contributed by atoms with Crippen LogP contribution in [0.25, 0.3) is 0 Å². The second-order valence-corrected chi connectivity index (χ2v) is 10.3. The Bertz CT molecular complexity index is 493. The SMILES string of the molecule is CC(C)(C)OC(=O)N[C@@H]1CCC[C@H](O)C1.CC(C)(C)OC(=O)N[C@H]1CCC[C@@H](O)C1. The largest absolute Gasteiger partial charge is 0.444 e. The highest BCUT2D eigenvalue weighted by Gasteiger charge is 2.25. The van der Waals surface area contributed by atoms with Crippen LogP contribution >= 0.6 is 0 Å². The third-order valence-electron chi connectivity index (χ3n) is 4.73. The number of carbonyl (C=O) groups excluding carboxylic acids is 2. The molecule has 0 aromatic carbocycles. The van der Waals surface area contributed by atoms with Crippen molar-refractivity contribution in [3.8, 4) is 0 Å². The van der Waals surface area contributed by atoms with Crippen LogP contribution in [0.15, 0.2) is 0 Å². The van der Waals surface area contributed by atoms with Crippen molar-refractivity contribution in [1.29, 1.82) is 0 Å². The average Bonchev–Trinajstić information content (AvgIpc) is 2.51. The number of rotatable bonds is 2. The Kier molecular flexibility index (Phi) is 10.4. The van der Waals surface area contributed by atoms with Crippen LogP contribution in [0.3, 0.4) is 0 Å². The van der Waals surface area contributed by atoms with Gasteiger partial charge in [-0.15, -0.1) is 0 Å². The molecule has 2 fully saturated rings. The van der Waals surface area contributed by atoms with Gasteiger partial charge in [0.2, 0.25) is 0 Å². The van der Waals surface area contributed by atoms with E-state index in [0.29, 0.717) is 12.8 Å². The van der Waals surface area contributed by atoms with Crippen LogP contribution in [0.4, 0.5) is 9.59 Å². The van der Waals surface area contributed by atoms with Gasteiger partial charge in [0, 0.05) is 12.1 Å². The fourth-order valence-electron chi connectivity index (χ4n) is 3.54. The van der Waals surface area contributed by atoms with E-state index in [1.54, 1.807) is 0 Å². The van der Waals surface area contributed by atoms with Gasteiger partial charge in [-0.2, -0.15) is 0 Å². The summed E-state index contributed by atoms with van der Waals surface area (Å²) >= 11 is 0. The number of aliphatic hydroxyl groups is 2. The van der Waals surface area contributed by atoms with Gasteiger partial charge >= 0.3 is 12.2 Å². The van der Waals surface area contributed by atoms with Crippen molar-refractivity contribution in [2.45, 2.75) is 128 Å². The summed E-state index contributed by atoms with van der Waals surface area (Å²) < 4.78 is 10.3. The molecule has 2 saturated carbocycles. The Morgan fingerprint density at radius 2 is 1.03 bits per heavy atom. The Morgan fingerprint density at radius 3 is 1.30 bits per heavy atom. The third kappa shape index (κ3) is 12.9. The summed E-state index contributed by atoms with van der Waals surface area (Å²) in [5, 5.41) is 24.4. The van der Waals surface area contributed by atoms with Crippen molar-refractivity contribution in [3.63, 3.8) is 0 Å². The molecule has 0 aromatic heterocycles. The molecule has 0 unspecified atom stereocenters. The Labute approximate surface area is 181 Å². The molecular formula is C22H42N2O6. The first kappa shape index (κ1) is 26.5. The highest BCUT2D eigenvalue weighted by Crippen LogP contribution is 2.20. The highest BCUT2D eigenvalue weighted by atomic mass is 16.6. The summed E-state index contributed by atoms with van der Waals surface area (Å²) in [7, 11) is 0. The van der Waals surface area contributed by atoms with E-state index in [4.69, 9.17) is 9.47 Å². The second-order valence-electron chi connectivity index (χ2n) is 10.3. The minimum absolute atomic E-state index is 0.0589. The lowest BCUT2D eigenvalue weighted by Crippen LogP contribution is -2.42. The van der Waals surface area contributed by atoms with Crippen molar-refractivity contribution in [2.75, 3.05) is 0 Å². The fourth-order valence-corrected chi connectivity index (χ4v) is 3.54. The molecule has 8 nitrogen and oxygen atoms in total. The molecule has 0 aliphatic heterocycles. The standard InChI is InChI=1S/2C11H21NO3/c2*1-11(2,3)15-10(14)12-8-5-4-6-9(13)7-8/h2*8-9,13H,4-7H2,1-3H3,(H,12,14)/t2*8-,9+/m10/s1. The molecular weight excluding hydrogens is 388 g/mol. The van der Waals surface area contributed by atoms with Gasteiger partial charge in [0.1, 0.15) is 11.2 Å². The zero-order chi connectivity index (χ0) is 22.9. The van der Waals surface area contributed by atoms with E-state index in [1.165, 1.54) is 0 Å². The first-order chi connectivity index (χ1) is 13.7. The number of ether oxygens (including phenoxy) is 2. The molecule has 0 saturated heterocycles. The zero-order valence-corrected chi connectivity index (χ0v) is 19.5. The molecule has 176 valence electrons. The van der Waals surface area contributed by atoms with Gasteiger partial charge in [0.15, 0.2) is 0 Å². The minimum atomic E-state index is -0.461. The summed E-state index contributed by atoms with van der Waals surface area (Å²) in [6.07, 6.45) is 5.40.